The second-order valence-electron chi connectivity index (χ2n) is 1.99. The molecule has 0 rings (SSSR count). The van der Waals surface area contributed by atoms with Crippen molar-refractivity contribution in [2.75, 3.05) is 20.0 Å². The van der Waals surface area contributed by atoms with E-state index in [2.05, 4.69) is 5.32 Å². The largest absolute Gasteiger partial charge is 0.383 e. The van der Waals surface area contributed by atoms with Crippen LogP contribution >= 0.6 is 11.8 Å². The number of thioether (sulfide) groups is 1. The lowest BCUT2D eigenvalue weighted by Gasteiger charge is -2.10. The molecule has 0 aliphatic heterocycles. The average molecular weight is 163 g/mol. The van der Waals surface area contributed by atoms with Gasteiger partial charge in [-0.15, -0.1) is 0 Å². The van der Waals surface area contributed by atoms with Gasteiger partial charge in [-0.1, -0.05) is 11.8 Å². The van der Waals surface area contributed by atoms with Crippen LogP contribution in [0.2, 0.25) is 0 Å². The fraction of sp³-hybridized carbons (Fsp3) is 0.833. The summed E-state index contributed by atoms with van der Waals surface area (Å²) in [6.07, 6.45) is 1.74. The lowest BCUT2D eigenvalue weighted by molar-refractivity contribution is 0.174. The number of carbonyl (C=O) groups excluding carboxylic acids is 1. The van der Waals surface area contributed by atoms with Crippen molar-refractivity contribution in [2.24, 2.45) is 0 Å². The topological polar surface area (TPSA) is 38.3 Å². The number of amides is 1. The molecule has 0 bridgehead atoms. The number of carbonyl (C=O) groups is 1. The van der Waals surface area contributed by atoms with Crippen molar-refractivity contribution in [2.45, 2.75) is 13.0 Å². The minimum absolute atomic E-state index is 0.00968. The summed E-state index contributed by atoms with van der Waals surface area (Å²) in [4.78, 5) is 10.7. The van der Waals surface area contributed by atoms with Gasteiger partial charge in [0.15, 0.2) is 0 Å². The standard InChI is InChI=1S/C6H13NO2S/c1-5(4-9-2)7-6(8)10-3/h5H,4H2,1-3H3,(H,7,8)/t5-/m0/s1. The Morgan fingerprint density at radius 3 is 2.80 bits per heavy atom. The third kappa shape index (κ3) is 4.64. The van der Waals surface area contributed by atoms with Crippen LogP contribution < -0.4 is 5.32 Å². The van der Waals surface area contributed by atoms with Gasteiger partial charge in [0.1, 0.15) is 0 Å². The summed E-state index contributed by atoms with van der Waals surface area (Å²) in [6.45, 7) is 2.46. The van der Waals surface area contributed by atoms with Crippen LogP contribution in [0.5, 0.6) is 0 Å². The van der Waals surface area contributed by atoms with Crippen LogP contribution in [0.15, 0.2) is 0 Å². The van der Waals surface area contributed by atoms with E-state index in [1.165, 1.54) is 11.8 Å². The first-order valence-electron chi connectivity index (χ1n) is 3.04. The van der Waals surface area contributed by atoms with Crippen LogP contribution in [-0.2, 0) is 4.74 Å². The van der Waals surface area contributed by atoms with E-state index in [1.807, 2.05) is 6.92 Å². The number of nitrogens with one attached hydrogen (secondary N) is 1. The Morgan fingerprint density at radius 1 is 1.80 bits per heavy atom. The molecule has 0 radical (unpaired) electrons. The number of ether oxygens (including phenoxy) is 1. The molecule has 60 valence electrons. The zero-order chi connectivity index (χ0) is 7.98. The molecule has 1 atom stereocenters. The first-order chi connectivity index (χ1) is 4.70. The maximum atomic E-state index is 10.7. The molecule has 1 N–H and O–H groups in total. The third-order valence-electron chi connectivity index (χ3n) is 0.966. The Labute approximate surface area is 65.5 Å². The third-order valence-corrected chi connectivity index (χ3v) is 1.45. The molecule has 0 aromatic rings. The van der Waals surface area contributed by atoms with Gasteiger partial charge in [-0.2, -0.15) is 0 Å². The Hall–Kier alpha value is -0.220. The van der Waals surface area contributed by atoms with E-state index in [0.717, 1.165) is 0 Å². The maximum Gasteiger partial charge on any atom is 0.279 e. The van der Waals surface area contributed by atoms with Crippen LogP contribution in [0.4, 0.5) is 4.79 Å². The van der Waals surface area contributed by atoms with Crippen molar-refractivity contribution in [3.63, 3.8) is 0 Å². The summed E-state index contributed by atoms with van der Waals surface area (Å²) in [6, 6.07) is 0.102. The Morgan fingerprint density at radius 2 is 2.40 bits per heavy atom. The van der Waals surface area contributed by atoms with Gasteiger partial charge in [0.25, 0.3) is 5.24 Å². The highest BCUT2D eigenvalue weighted by Gasteiger charge is 2.03. The minimum atomic E-state index is -0.00968. The van der Waals surface area contributed by atoms with E-state index in [-0.39, 0.29) is 11.3 Å². The predicted octanol–water partition coefficient (Wildman–Crippen LogP) is 1.09. The molecule has 0 saturated heterocycles. The molecule has 0 aromatic carbocycles. The molecule has 0 heterocycles. The van der Waals surface area contributed by atoms with E-state index >= 15 is 0 Å². The normalized spacial score (nSPS) is 12.7. The van der Waals surface area contributed by atoms with E-state index < -0.39 is 0 Å². The first-order valence-corrected chi connectivity index (χ1v) is 4.26. The molecule has 3 nitrogen and oxygen atoms in total. The molecular formula is C6H13NO2S. The average Bonchev–Trinajstić information content (AvgIpc) is 1.88. The highest BCUT2D eigenvalue weighted by atomic mass is 32.2. The maximum absolute atomic E-state index is 10.7. The molecule has 0 unspecified atom stereocenters. The van der Waals surface area contributed by atoms with Crippen molar-refractivity contribution in [3.8, 4) is 0 Å². The summed E-state index contributed by atoms with van der Waals surface area (Å²) >= 11 is 1.17. The van der Waals surface area contributed by atoms with Gasteiger partial charge in [0, 0.05) is 7.11 Å². The second kappa shape index (κ2) is 5.56. The van der Waals surface area contributed by atoms with Gasteiger partial charge in [-0.3, -0.25) is 4.79 Å². The van der Waals surface area contributed by atoms with E-state index in [9.17, 15) is 4.79 Å². The quantitative estimate of drug-likeness (QED) is 0.677. The van der Waals surface area contributed by atoms with Crippen molar-refractivity contribution in [1.82, 2.24) is 5.32 Å². The van der Waals surface area contributed by atoms with Gasteiger partial charge in [-0.05, 0) is 13.2 Å². The van der Waals surface area contributed by atoms with Crippen molar-refractivity contribution < 1.29 is 9.53 Å². The first kappa shape index (κ1) is 9.78. The SMILES string of the molecule is COC[C@H](C)NC(=O)SC. The highest BCUT2D eigenvalue weighted by molar-refractivity contribution is 8.12. The fourth-order valence-corrected chi connectivity index (χ4v) is 0.871. The number of hydrogen-bond donors (Lipinski definition) is 1. The number of methoxy groups -OCH3 is 1. The number of rotatable bonds is 3. The molecule has 0 saturated carbocycles. The van der Waals surface area contributed by atoms with Crippen LogP contribution in [0.25, 0.3) is 0 Å². The van der Waals surface area contributed by atoms with Crippen LogP contribution in [0.3, 0.4) is 0 Å². The van der Waals surface area contributed by atoms with Gasteiger partial charge in [-0.25, -0.2) is 0 Å². The summed E-state index contributed by atoms with van der Waals surface area (Å²) in [5.74, 6) is 0. The van der Waals surface area contributed by atoms with Gasteiger partial charge >= 0.3 is 0 Å². The summed E-state index contributed by atoms with van der Waals surface area (Å²) < 4.78 is 4.83. The monoisotopic (exact) mass is 163 g/mol. The molecule has 0 aliphatic carbocycles. The lowest BCUT2D eigenvalue weighted by Crippen LogP contribution is -2.32. The van der Waals surface area contributed by atoms with Crippen LogP contribution in [0, 0.1) is 0 Å². The zero-order valence-corrected chi connectivity index (χ0v) is 7.33. The van der Waals surface area contributed by atoms with Gasteiger partial charge in [0.05, 0.1) is 12.6 Å². The Balaban J connectivity index is 3.37. The molecule has 1 amide bonds. The fourth-order valence-electron chi connectivity index (χ4n) is 0.552. The van der Waals surface area contributed by atoms with E-state index in [1.54, 1.807) is 13.4 Å². The van der Waals surface area contributed by atoms with Gasteiger partial charge < -0.3 is 10.1 Å². The summed E-state index contributed by atoms with van der Waals surface area (Å²) in [7, 11) is 1.61. The number of hydrogen-bond acceptors (Lipinski definition) is 3. The van der Waals surface area contributed by atoms with E-state index in [4.69, 9.17) is 4.74 Å². The van der Waals surface area contributed by atoms with Crippen LogP contribution in [0.1, 0.15) is 6.92 Å². The molecule has 4 heteroatoms. The zero-order valence-electron chi connectivity index (χ0n) is 6.51. The lowest BCUT2D eigenvalue weighted by atomic mass is 10.4. The summed E-state index contributed by atoms with van der Waals surface area (Å²) in [5.41, 5.74) is 0. The Bertz CT molecular complexity index is 108. The van der Waals surface area contributed by atoms with Crippen molar-refractivity contribution >= 4 is 17.0 Å². The Kier molecular flexibility index (Phi) is 5.43. The summed E-state index contributed by atoms with van der Waals surface area (Å²) in [5, 5.41) is 2.72. The van der Waals surface area contributed by atoms with E-state index in [0.29, 0.717) is 6.61 Å². The highest BCUT2D eigenvalue weighted by Crippen LogP contribution is 1.94. The van der Waals surface area contributed by atoms with Gasteiger partial charge in [0.2, 0.25) is 0 Å². The molecule has 0 aliphatic rings. The molecule has 0 aromatic heterocycles. The van der Waals surface area contributed by atoms with Crippen molar-refractivity contribution in [1.29, 1.82) is 0 Å². The molecular weight excluding hydrogens is 150 g/mol. The predicted molar refractivity (Wildman–Crippen MR) is 43.4 cm³/mol. The molecule has 10 heavy (non-hydrogen) atoms. The molecule has 0 spiro atoms. The second-order valence-corrected chi connectivity index (χ2v) is 2.77. The minimum Gasteiger partial charge on any atom is -0.383 e. The smallest absolute Gasteiger partial charge is 0.279 e. The van der Waals surface area contributed by atoms with Crippen molar-refractivity contribution in [3.05, 3.63) is 0 Å². The molecule has 0 fully saturated rings. The van der Waals surface area contributed by atoms with Crippen LogP contribution in [-0.4, -0.2) is 31.3 Å².